The number of amides is 2. The van der Waals surface area contributed by atoms with Crippen molar-refractivity contribution in [2.45, 2.75) is 13.5 Å². The minimum absolute atomic E-state index is 0.191. The SMILES string of the molecule is CCOc1ccc(C(=O)NCC(=O)NN=Cc2cccc(OCc3ccccc3)c2)cc1. The molecule has 0 aliphatic heterocycles. The van der Waals surface area contributed by atoms with E-state index in [1.165, 1.54) is 6.21 Å². The van der Waals surface area contributed by atoms with Gasteiger partial charge in [-0.2, -0.15) is 5.10 Å². The number of hydrazone groups is 1. The molecule has 0 bridgehead atoms. The number of nitrogens with one attached hydrogen (secondary N) is 2. The first-order chi connectivity index (χ1) is 15.6. The zero-order valence-electron chi connectivity index (χ0n) is 17.8. The summed E-state index contributed by atoms with van der Waals surface area (Å²) in [6, 6.07) is 24.0. The lowest BCUT2D eigenvalue weighted by atomic mass is 10.2. The summed E-state index contributed by atoms with van der Waals surface area (Å²) in [5.74, 6) is 0.602. The summed E-state index contributed by atoms with van der Waals surface area (Å²) < 4.78 is 11.1. The summed E-state index contributed by atoms with van der Waals surface area (Å²) in [5.41, 5.74) is 4.69. The van der Waals surface area contributed by atoms with Gasteiger partial charge >= 0.3 is 0 Å². The molecule has 3 aromatic carbocycles. The van der Waals surface area contributed by atoms with Crippen molar-refractivity contribution < 1.29 is 19.1 Å². The molecule has 0 atom stereocenters. The van der Waals surface area contributed by atoms with Crippen LogP contribution in [-0.2, 0) is 11.4 Å². The molecular formula is C25H25N3O4. The van der Waals surface area contributed by atoms with Gasteiger partial charge in [0.2, 0.25) is 0 Å². The normalized spacial score (nSPS) is 10.5. The highest BCUT2D eigenvalue weighted by atomic mass is 16.5. The van der Waals surface area contributed by atoms with Crippen LogP contribution in [0.25, 0.3) is 0 Å². The summed E-state index contributed by atoms with van der Waals surface area (Å²) >= 11 is 0. The first-order valence-corrected chi connectivity index (χ1v) is 10.2. The summed E-state index contributed by atoms with van der Waals surface area (Å²) in [4.78, 5) is 24.1. The molecule has 0 spiro atoms. The molecule has 0 unspecified atom stereocenters. The van der Waals surface area contributed by atoms with E-state index in [0.29, 0.717) is 30.3 Å². The Labute approximate surface area is 187 Å². The van der Waals surface area contributed by atoms with Crippen LogP contribution in [0.15, 0.2) is 84.0 Å². The second-order valence-corrected chi connectivity index (χ2v) is 6.78. The molecule has 0 fully saturated rings. The van der Waals surface area contributed by atoms with E-state index in [-0.39, 0.29) is 12.5 Å². The van der Waals surface area contributed by atoms with Crippen LogP contribution in [-0.4, -0.2) is 31.2 Å². The highest BCUT2D eigenvalue weighted by Crippen LogP contribution is 2.14. The fourth-order valence-electron chi connectivity index (χ4n) is 2.78. The van der Waals surface area contributed by atoms with Gasteiger partial charge in [-0.3, -0.25) is 9.59 Å². The number of ether oxygens (including phenoxy) is 2. The fraction of sp³-hybridized carbons (Fsp3) is 0.160. The van der Waals surface area contributed by atoms with Gasteiger partial charge in [0.15, 0.2) is 0 Å². The van der Waals surface area contributed by atoms with Crippen molar-refractivity contribution in [1.29, 1.82) is 0 Å². The molecule has 2 amide bonds. The maximum absolute atomic E-state index is 12.1. The number of hydrogen-bond donors (Lipinski definition) is 2. The van der Waals surface area contributed by atoms with Gasteiger partial charge in [0, 0.05) is 5.56 Å². The molecule has 7 nitrogen and oxygen atoms in total. The van der Waals surface area contributed by atoms with Gasteiger partial charge in [0.25, 0.3) is 11.8 Å². The Morgan fingerprint density at radius 3 is 2.44 bits per heavy atom. The highest BCUT2D eigenvalue weighted by Gasteiger charge is 2.08. The van der Waals surface area contributed by atoms with Gasteiger partial charge in [0.05, 0.1) is 19.4 Å². The van der Waals surface area contributed by atoms with Crippen LogP contribution < -0.4 is 20.2 Å². The van der Waals surface area contributed by atoms with E-state index in [1.807, 2.05) is 61.5 Å². The van der Waals surface area contributed by atoms with E-state index in [4.69, 9.17) is 9.47 Å². The van der Waals surface area contributed by atoms with Crippen molar-refractivity contribution in [3.8, 4) is 11.5 Å². The van der Waals surface area contributed by atoms with Crippen molar-refractivity contribution in [2.75, 3.05) is 13.2 Å². The van der Waals surface area contributed by atoms with Gasteiger partial charge in [-0.15, -0.1) is 0 Å². The molecule has 3 rings (SSSR count). The number of carbonyl (C=O) groups excluding carboxylic acids is 2. The number of nitrogens with zero attached hydrogens (tertiary/aromatic N) is 1. The monoisotopic (exact) mass is 431 g/mol. The standard InChI is InChI=1S/C25H25N3O4/c1-2-31-22-13-11-21(12-14-22)25(30)26-17-24(29)28-27-16-20-9-6-10-23(15-20)32-18-19-7-4-3-5-8-19/h3-16H,2,17-18H2,1H3,(H,26,30)(H,28,29). The molecule has 7 heteroatoms. The first-order valence-electron chi connectivity index (χ1n) is 10.2. The Bertz CT molecular complexity index is 1050. The third-order valence-corrected chi connectivity index (χ3v) is 4.35. The molecule has 0 aromatic heterocycles. The van der Waals surface area contributed by atoms with Gasteiger partial charge in [-0.05, 0) is 54.4 Å². The zero-order chi connectivity index (χ0) is 22.6. The molecule has 32 heavy (non-hydrogen) atoms. The Kier molecular flexibility index (Phi) is 8.39. The smallest absolute Gasteiger partial charge is 0.259 e. The summed E-state index contributed by atoms with van der Waals surface area (Å²) in [6.45, 7) is 2.71. The fourth-order valence-corrected chi connectivity index (χ4v) is 2.78. The maximum atomic E-state index is 12.1. The Morgan fingerprint density at radius 1 is 0.906 bits per heavy atom. The largest absolute Gasteiger partial charge is 0.494 e. The Balaban J connectivity index is 1.43. The first kappa shape index (κ1) is 22.6. The van der Waals surface area contributed by atoms with Crippen LogP contribution >= 0.6 is 0 Å². The van der Waals surface area contributed by atoms with E-state index in [1.54, 1.807) is 24.3 Å². The third kappa shape index (κ3) is 7.28. The number of carbonyl (C=O) groups is 2. The van der Waals surface area contributed by atoms with E-state index in [9.17, 15) is 9.59 Å². The lowest BCUT2D eigenvalue weighted by Crippen LogP contribution is -2.34. The molecule has 164 valence electrons. The molecule has 2 N–H and O–H groups in total. The quantitative estimate of drug-likeness (QED) is 0.380. The number of rotatable bonds is 10. The predicted molar refractivity (Wildman–Crippen MR) is 123 cm³/mol. The van der Waals surface area contributed by atoms with E-state index in [2.05, 4.69) is 15.8 Å². The second kappa shape index (κ2) is 11.9. The highest BCUT2D eigenvalue weighted by molar-refractivity contribution is 5.96. The topological polar surface area (TPSA) is 89.0 Å². The summed E-state index contributed by atoms with van der Waals surface area (Å²) in [7, 11) is 0. The van der Waals surface area contributed by atoms with Crippen molar-refractivity contribution >= 4 is 18.0 Å². The minimum Gasteiger partial charge on any atom is -0.494 e. The van der Waals surface area contributed by atoms with Crippen molar-refractivity contribution in [3.63, 3.8) is 0 Å². The Morgan fingerprint density at radius 2 is 1.69 bits per heavy atom. The lowest BCUT2D eigenvalue weighted by Gasteiger charge is -2.07. The number of benzene rings is 3. The predicted octanol–water partition coefficient (Wildman–Crippen LogP) is 3.54. The van der Waals surface area contributed by atoms with Gasteiger partial charge in [0.1, 0.15) is 18.1 Å². The van der Waals surface area contributed by atoms with Gasteiger partial charge < -0.3 is 14.8 Å². The Hall–Kier alpha value is -4.13. The van der Waals surface area contributed by atoms with Crippen molar-refractivity contribution in [2.24, 2.45) is 5.10 Å². The van der Waals surface area contributed by atoms with Gasteiger partial charge in [-0.25, -0.2) is 5.43 Å². The van der Waals surface area contributed by atoms with Crippen molar-refractivity contribution in [3.05, 3.63) is 95.6 Å². The summed E-state index contributed by atoms with van der Waals surface area (Å²) in [6.07, 6.45) is 1.52. The molecule has 0 aliphatic carbocycles. The maximum Gasteiger partial charge on any atom is 0.259 e. The molecule has 0 saturated carbocycles. The van der Waals surface area contributed by atoms with E-state index in [0.717, 1.165) is 11.1 Å². The van der Waals surface area contributed by atoms with Crippen LogP contribution in [0.4, 0.5) is 0 Å². The third-order valence-electron chi connectivity index (χ3n) is 4.35. The van der Waals surface area contributed by atoms with Crippen LogP contribution in [0, 0.1) is 0 Å². The molecule has 0 aliphatic rings. The average Bonchev–Trinajstić information content (AvgIpc) is 2.83. The van der Waals surface area contributed by atoms with E-state index < -0.39 is 5.91 Å². The number of hydrogen-bond acceptors (Lipinski definition) is 5. The molecule has 0 heterocycles. The molecule has 3 aromatic rings. The van der Waals surface area contributed by atoms with Gasteiger partial charge in [-0.1, -0.05) is 42.5 Å². The zero-order valence-corrected chi connectivity index (χ0v) is 17.8. The van der Waals surface area contributed by atoms with Crippen LogP contribution in [0.1, 0.15) is 28.4 Å². The second-order valence-electron chi connectivity index (χ2n) is 6.78. The average molecular weight is 431 g/mol. The van der Waals surface area contributed by atoms with Crippen molar-refractivity contribution in [1.82, 2.24) is 10.7 Å². The molecule has 0 saturated heterocycles. The summed E-state index contributed by atoms with van der Waals surface area (Å²) in [5, 5.41) is 6.49. The van der Waals surface area contributed by atoms with Crippen LogP contribution in [0.3, 0.4) is 0 Å². The van der Waals surface area contributed by atoms with Crippen LogP contribution in [0.2, 0.25) is 0 Å². The van der Waals surface area contributed by atoms with Crippen LogP contribution in [0.5, 0.6) is 11.5 Å². The lowest BCUT2D eigenvalue weighted by molar-refractivity contribution is -0.120. The molecular weight excluding hydrogens is 406 g/mol. The van der Waals surface area contributed by atoms with E-state index >= 15 is 0 Å². The minimum atomic E-state index is -0.433. The molecule has 0 radical (unpaired) electrons.